The van der Waals surface area contributed by atoms with E-state index in [0.29, 0.717) is 22.1 Å². The van der Waals surface area contributed by atoms with Crippen LogP contribution in [-0.4, -0.2) is 43.6 Å². The van der Waals surface area contributed by atoms with Gasteiger partial charge in [0.05, 0.1) is 43.0 Å². The third kappa shape index (κ3) is 4.88. The molecule has 0 radical (unpaired) electrons. The molecule has 37 heavy (non-hydrogen) atoms. The minimum absolute atomic E-state index is 0.135. The van der Waals surface area contributed by atoms with E-state index in [0.717, 1.165) is 0 Å². The molecule has 1 unspecified atom stereocenters. The van der Waals surface area contributed by atoms with Crippen LogP contribution < -0.4 is 14.4 Å². The summed E-state index contributed by atoms with van der Waals surface area (Å²) in [5, 5.41) is 11.7. The molecule has 0 aliphatic carbocycles. The third-order valence-corrected chi connectivity index (χ3v) is 6.23. The minimum Gasteiger partial charge on any atom is -0.507 e. The van der Waals surface area contributed by atoms with Crippen LogP contribution in [0.5, 0.6) is 11.5 Å². The number of hydrogen-bond donors (Lipinski definition) is 1. The summed E-state index contributed by atoms with van der Waals surface area (Å²) in [6.07, 6.45) is 0. The van der Waals surface area contributed by atoms with Crippen molar-refractivity contribution in [2.75, 3.05) is 25.7 Å². The zero-order valence-corrected chi connectivity index (χ0v) is 21.1. The second-order valence-electron chi connectivity index (χ2n) is 8.07. The maximum absolute atomic E-state index is 13.4. The number of esters is 1. The quantitative estimate of drug-likeness (QED) is 0.198. The van der Waals surface area contributed by atoms with E-state index in [-0.39, 0.29) is 29.0 Å². The Morgan fingerprint density at radius 1 is 0.973 bits per heavy atom. The van der Waals surface area contributed by atoms with Crippen LogP contribution in [0.25, 0.3) is 5.76 Å². The summed E-state index contributed by atoms with van der Waals surface area (Å²) >= 11 is 6.13. The van der Waals surface area contributed by atoms with Crippen molar-refractivity contribution in [1.29, 1.82) is 0 Å². The summed E-state index contributed by atoms with van der Waals surface area (Å²) in [4.78, 5) is 40.4. The van der Waals surface area contributed by atoms with E-state index < -0.39 is 29.5 Å². The highest BCUT2D eigenvalue weighted by Gasteiger charge is 2.47. The number of methoxy groups -OCH3 is 2. The number of benzene rings is 3. The van der Waals surface area contributed by atoms with Gasteiger partial charge in [0.2, 0.25) is 0 Å². The zero-order valence-electron chi connectivity index (χ0n) is 20.4. The molecule has 8 nitrogen and oxygen atoms in total. The van der Waals surface area contributed by atoms with Crippen LogP contribution in [0.1, 0.15) is 34.5 Å². The topological polar surface area (TPSA) is 102 Å². The van der Waals surface area contributed by atoms with Gasteiger partial charge < -0.3 is 19.3 Å². The molecule has 0 bridgehead atoms. The lowest BCUT2D eigenvalue weighted by atomic mass is 9.94. The minimum atomic E-state index is -1.02. The van der Waals surface area contributed by atoms with Gasteiger partial charge in [-0.2, -0.15) is 0 Å². The van der Waals surface area contributed by atoms with Gasteiger partial charge in [-0.15, -0.1) is 0 Å². The first kappa shape index (κ1) is 25.8. The molecule has 1 aliphatic heterocycles. The lowest BCUT2D eigenvalue weighted by Crippen LogP contribution is -2.29. The Bertz CT molecular complexity index is 1420. The predicted octanol–water partition coefficient (Wildman–Crippen LogP) is 5.16. The second-order valence-corrected chi connectivity index (χ2v) is 8.47. The van der Waals surface area contributed by atoms with Gasteiger partial charge in [0.25, 0.3) is 11.7 Å². The van der Waals surface area contributed by atoms with Gasteiger partial charge in [0, 0.05) is 11.3 Å². The van der Waals surface area contributed by atoms with Crippen LogP contribution in [0.3, 0.4) is 0 Å². The molecule has 1 fully saturated rings. The number of aliphatic hydroxyl groups is 1. The Morgan fingerprint density at radius 3 is 2.43 bits per heavy atom. The van der Waals surface area contributed by atoms with Crippen LogP contribution >= 0.6 is 11.6 Å². The Labute approximate surface area is 218 Å². The second kappa shape index (κ2) is 10.8. The summed E-state index contributed by atoms with van der Waals surface area (Å²) in [6.45, 7) is 1.87. The highest BCUT2D eigenvalue weighted by Crippen LogP contribution is 2.43. The smallest absolute Gasteiger partial charge is 0.338 e. The fraction of sp³-hybridized carbons (Fsp3) is 0.179. The summed E-state index contributed by atoms with van der Waals surface area (Å²) in [5.41, 5.74) is 1.13. The van der Waals surface area contributed by atoms with E-state index in [2.05, 4.69) is 0 Å². The zero-order chi connectivity index (χ0) is 26.7. The summed E-state index contributed by atoms with van der Waals surface area (Å²) in [6, 6.07) is 16.6. The molecule has 1 amide bonds. The molecule has 3 aromatic rings. The Balaban J connectivity index is 1.94. The van der Waals surface area contributed by atoms with Crippen LogP contribution in [0.15, 0.2) is 72.3 Å². The standard InChI is InChI=1S/C28H24ClNO7/c1-4-37-28(34)18-8-5-9-19(13-18)30-24(16-7-6-10-20(14-16)35-2)23(26(32)27(30)33)25(31)17-11-12-21(29)22(15-17)36-3/h5-15,24,31H,4H2,1-3H3/b25-23+. The Hall–Kier alpha value is -4.30. The highest BCUT2D eigenvalue weighted by atomic mass is 35.5. The largest absolute Gasteiger partial charge is 0.507 e. The average molecular weight is 522 g/mol. The number of ether oxygens (including phenoxy) is 3. The summed E-state index contributed by atoms with van der Waals surface area (Å²) < 4.78 is 15.7. The van der Waals surface area contributed by atoms with Crippen molar-refractivity contribution in [3.05, 3.63) is 94.0 Å². The first-order valence-corrected chi connectivity index (χ1v) is 11.7. The number of anilines is 1. The number of hydrogen-bond acceptors (Lipinski definition) is 7. The molecule has 9 heteroatoms. The maximum Gasteiger partial charge on any atom is 0.338 e. The molecule has 1 saturated heterocycles. The number of halogens is 1. The van der Waals surface area contributed by atoms with Crippen molar-refractivity contribution >= 4 is 40.7 Å². The molecule has 1 aliphatic rings. The molecule has 190 valence electrons. The molecule has 4 rings (SSSR count). The number of nitrogens with zero attached hydrogens (tertiary/aromatic N) is 1. The monoisotopic (exact) mass is 521 g/mol. The fourth-order valence-electron chi connectivity index (χ4n) is 4.19. The van der Waals surface area contributed by atoms with Crippen molar-refractivity contribution in [1.82, 2.24) is 0 Å². The van der Waals surface area contributed by atoms with Crippen LogP contribution in [0, 0.1) is 0 Å². The van der Waals surface area contributed by atoms with E-state index in [4.69, 9.17) is 25.8 Å². The number of amides is 1. The van der Waals surface area contributed by atoms with Crippen molar-refractivity contribution in [3.63, 3.8) is 0 Å². The van der Waals surface area contributed by atoms with Crippen molar-refractivity contribution in [2.45, 2.75) is 13.0 Å². The van der Waals surface area contributed by atoms with Gasteiger partial charge in [0.1, 0.15) is 17.3 Å². The lowest BCUT2D eigenvalue weighted by molar-refractivity contribution is -0.132. The first-order chi connectivity index (χ1) is 17.8. The van der Waals surface area contributed by atoms with Crippen LogP contribution in [0.4, 0.5) is 5.69 Å². The molecule has 1 N–H and O–H groups in total. The number of carbonyl (C=O) groups is 3. The van der Waals surface area contributed by atoms with Crippen molar-refractivity contribution in [3.8, 4) is 11.5 Å². The normalized spacial score (nSPS) is 16.5. The SMILES string of the molecule is CCOC(=O)c1cccc(N2C(=O)C(=O)/C(=C(/O)c3ccc(Cl)c(OC)c3)C2c2cccc(OC)c2)c1. The number of aliphatic hydroxyl groups excluding tert-OH is 1. The predicted molar refractivity (Wildman–Crippen MR) is 138 cm³/mol. The van der Waals surface area contributed by atoms with Gasteiger partial charge >= 0.3 is 5.97 Å². The first-order valence-electron chi connectivity index (χ1n) is 11.4. The molecule has 0 spiro atoms. The number of rotatable bonds is 7. The molecule has 0 aromatic heterocycles. The van der Waals surface area contributed by atoms with E-state index in [1.165, 1.54) is 43.4 Å². The number of carbonyl (C=O) groups excluding carboxylic acids is 3. The molecule has 1 atom stereocenters. The van der Waals surface area contributed by atoms with Gasteiger partial charge in [-0.1, -0.05) is 29.8 Å². The molecular weight excluding hydrogens is 498 g/mol. The van der Waals surface area contributed by atoms with E-state index in [1.54, 1.807) is 49.4 Å². The van der Waals surface area contributed by atoms with Crippen molar-refractivity contribution < 1.29 is 33.7 Å². The van der Waals surface area contributed by atoms with Gasteiger partial charge in [-0.05, 0) is 61.0 Å². The van der Waals surface area contributed by atoms with Gasteiger partial charge in [0.15, 0.2) is 0 Å². The fourth-order valence-corrected chi connectivity index (χ4v) is 4.38. The lowest BCUT2D eigenvalue weighted by Gasteiger charge is -2.26. The Morgan fingerprint density at radius 2 is 1.73 bits per heavy atom. The van der Waals surface area contributed by atoms with Crippen molar-refractivity contribution in [2.24, 2.45) is 0 Å². The molecule has 3 aromatic carbocycles. The Kier molecular flexibility index (Phi) is 7.50. The van der Waals surface area contributed by atoms with E-state index in [9.17, 15) is 19.5 Å². The third-order valence-electron chi connectivity index (χ3n) is 5.91. The summed E-state index contributed by atoms with van der Waals surface area (Å²) in [7, 11) is 2.93. The van der Waals surface area contributed by atoms with E-state index >= 15 is 0 Å². The summed E-state index contributed by atoms with van der Waals surface area (Å²) in [5.74, 6) is -1.93. The van der Waals surface area contributed by atoms with Gasteiger partial charge in [-0.25, -0.2) is 4.79 Å². The van der Waals surface area contributed by atoms with E-state index in [1.807, 2.05) is 0 Å². The highest BCUT2D eigenvalue weighted by molar-refractivity contribution is 6.51. The number of Topliss-reactive ketones (excluding diaryl/α,β-unsaturated/α-hetero) is 1. The average Bonchev–Trinajstić information content (AvgIpc) is 3.18. The molecular formula is C28H24ClNO7. The maximum atomic E-state index is 13.4. The molecule has 1 heterocycles. The molecule has 0 saturated carbocycles. The van der Waals surface area contributed by atoms with Crippen LogP contribution in [0.2, 0.25) is 5.02 Å². The van der Waals surface area contributed by atoms with Crippen LogP contribution in [-0.2, 0) is 14.3 Å². The van der Waals surface area contributed by atoms with Gasteiger partial charge in [-0.3, -0.25) is 14.5 Å². The number of ketones is 1.